The zero-order chi connectivity index (χ0) is 11.2. The molecule has 1 saturated heterocycles. The summed E-state index contributed by atoms with van der Waals surface area (Å²) in [5, 5.41) is 0. The Hall–Kier alpha value is -0.820. The van der Waals surface area contributed by atoms with Crippen molar-refractivity contribution in [2.45, 2.75) is 45.1 Å². The fraction of sp³-hybridized carbons (Fsp3) is 0.600. The molecule has 1 aromatic rings. The maximum Gasteiger partial charge on any atom is 0.0572 e. The van der Waals surface area contributed by atoms with E-state index in [1.807, 2.05) is 0 Å². The van der Waals surface area contributed by atoms with Crippen molar-refractivity contribution in [3.63, 3.8) is 0 Å². The Morgan fingerprint density at radius 2 is 2.00 bits per heavy atom. The van der Waals surface area contributed by atoms with Crippen LogP contribution >= 0.6 is 0 Å². The molecule has 0 saturated carbocycles. The minimum atomic E-state index is 0.535. The van der Waals surface area contributed by atoms with Gasteiger partial charge in [-0.15, -0.1) is 0 Å². The summed E-state index contributed by atoms with van der Waals surface area (Å²) in [4.78, 5) is 0. The first kappa shape index (κ1) is 11.7. The van der Waals surface area contributed by atoms with Gasteiger partial charge in [0, 0.05) is 6.61 Å². The molecular weight excluding hydrogens is 196 g/mol. The van der Waals surface area contributed by atoms with Gasteiger partial charge in [0.25, 0.3) is 0 Å². The molecule has 2 atom stereocenters. The summed E-state index contributed by atoms with van der Waals surface area (Å²) in [5.74, 6) is 0.781. The van der Waals surface area contributed by atoms with Crippen molar-refractivity contribution in [1.29, 1.82) is 0 Å². The lowest BCUT2D eigenvalue weighted by atomic mass is 9.92. The molecule has 1 aromatic carbocycles. The SMILES string of the molecule is CCC1CCC(CCc2ccccc2)CO1. The van der Waals surface area contributed by atoms with Gasteiger partial charge >= 0.3 is 0 Å². The van der Waals surface area contributed by atoms with Crippen molar-refractivity contribution in [2.24, 2.45) is 5.92 Å². The first-order valence-corrected chi connectivity index (χ1v) is 6.54. The Morgan fingerprint density at radius 3 is 2.62 bits per heavy atom. The molecule has 2 unspecified atom stereocenters. The molecule has 0 N–H and O–H groups in total. The van der Waals surface area contributed by atoms with E-state index in [0.29, 0.717) is 6.10 Å². The van der Waals surface area contributed by atoms with Crippen LogP contribution in [0.25, 0.3) is 0 Å². The van der Waals surface area contributed by atoms with Crippen LogP contribution in [0.15, 0.2) is 30.3 Å². The van der Waals surface area contributed by atoms with E-state index < -0.39 is 0 Å². The highest BCUT2D eigenvalue weighted by molar-refractivity contribution is 5.14. The molecule has 0 aromatic heterocycles. The minimum Gasteiger partial charge on any atom is -0.378 e. The van der Waals surface area contributed by atoms with Gasteiger partial charge in [0.1, 0.15) is 0 Å². The van der Waals surface area contributed by atoms with Gasteiger partial charge < -0.3 is 4.74 Å². The van der Waals surface area contributed by atoms with Crippen molar-refractivity contribution >= 4 is 0 Å². The zero-order valence-electron chi connectivity index (χ0n) is 10.2. The van der Waals surface area contributed by atoms with Crippen LogP contribution in [0.4, 0.5) is 0 Å². The van der Waals surface area contributed by atoms with Crippen LogP contribution < -0.4 is 0 Å². The van der Waals surface area contributed by atoms with E-state index in [0.717, 1.165) is 12.5 Å². The Morgan fingerprint density at radius 1 is 1.19 bits per heavy atom. The molecule has 0 spiro atoms. The maximum atomic E-state index is 5.83. The third-order valence-corrected chi connectivity index (χ3v) is 3.60. The Kier molecular flexibility index (Phi) is 4.41. The van der Waals surface area contributed by atoms with E-state index in [1.165, 1.54) is 37.7 Å². The molecule has 0 amide bonds. The molecule has 1 nitrogen and oxygen atoms in total. The molecule has 1 aliphatic heterocycles. The van der Waals surface area contributed by atoms with Crippen molar-refractivity contribution in [2.75, 3.05) is 6.61 Å². The fourth-order valence-corrected chi connectivity index (χ4v) is 2.43. The highest BCUT2D eigenvalue weighted by atomic mass is 16.5. The van der Waals surface area contributed by atoms with Crippen LogP contribution in [0.3, 0.4) is 0 Å². The fourth-order valence-electron chi connectivity index (χ4n) is 2.43. The molecule has 1 heterocycles. The van der Waals surface area contributed by atoms with E-state index in [1.54, 1.807) is 0 Å². The minimum absolute atomic E-state index is 0.535. The van der Waals surface area contributed by atoms with Crippen LogP contribution in [-0.4, -0.2) is 12.7 Å². The van der Waals surface area contributed by atoms with Crippen LogP contribution in [0, 0.1) is 5.92 Å². The molecule has 0 aliphatic carbocycles. The summed E-state index contributed by atoms with van der Waals surface area (Å²) >= 11 is 0. The van der Waals surface area contributed by atoms with Gasteiger partial charge in [-0.3, -0.25) is 0 Å². The molecule has 0 bridgehead atoms. The molecule has 1 aliphatic rings. The number of rotatable bonds is 4. The van der Waals surface area contributed by atoms with E-state index in [-0.39, 0.29) is 0 Å². The zero-order valence-corrected chi connectivity index (χ0v) is 10.2. The quantitative estimate of drug-likeness (QED) is 0.746. The number of aryl methyl sites for hydroxylation is 1. The van der Waals surface area contributed by atoms with Crippen molar-refractivity contribution in [3.05, 3.63) is 35.9 Å². The Balaban J connectivity index is 1.72. The third kappa shape index (κ3) is 3.34. The predicted molar refractivity (Wildman–Crippen MR) is 67.5 cm³/mol. The van der Waals surface area contributed by atoms with Crippen LogP contribution in [0.5, 0.6) is 0 Å². The van der Waals surface area contributed by atoms with E-state index in [2.05, 4.69) is 37.3 Å². The summed E-state index contributed by atoms with van der Waals surface area (Å²) in [7, 11) is 0. The number of benzene rings is 1. The standard InChI is InChI=1S/C15H22O/c1-2-15-11-10-14(12-16-15)9-8-13-6-4-3-5-7-13/h3-7,14-15H,2,8-12H2,1H3. The second-order valence-corrected chi connectivity index (χ2v) is 4.83. The summed E-state index contributed by atoms with van der Waals surface area (Å²) in [6.45, 7) is 3.19. The first-order valence-electron chi connectivity index (χ1n) is 6.54. The van der Waals surface area contributed by atoms with Gasteiger partial charge in [-0.05, 0) is 43.6 Å². The number of ether oxygens (including phenoxy) is 1. The molecule has 1 fully saturated rings. The van der Waals surface area contributed by atoms with Crippen molar-refractivity contribution in [3.8, 4) is 0 Å². The third-order valence-electron chi connectivity index (χ3n) is 3.60. The summed E-state index contributed by atoms with van der Waals surface area (Å²) in [6, 6.07) is 10.8. The van der Waals surface area contributed by atoms with Gasteiger partial charge in [0.05, 0.1) is 6.10 Å². The van der Waals surface area contributed by atoms with Gasteiger partial charge in [-0.25, -0.2) is 0 Å². The van der Waals surface area contributed by atoms with E-state index in [9.17, 15) is 0 Å². The number of hydrogen-bond acceptors (Lipinski definition) is 1. The predicted octanol–water partition coefficient (Wildman–Crippen LogP) is 3.82. The van der Waals surface area contributed by atoms with Gasteiger partial charge in [0.2, 0.25) is 0 Å². The number of hydrogen-bond donors (Lipinski definition) is 0. The second kappa shape index (κ2) is 6.05. The van der Waals surface area contributed by atoms with Crippen LogP contribution in [0.2, 0.25) is 0 Å². The lowest BCUT2D eigenvalue weighted by Crippen LogP contribution is -2.25. The van der Waals surface area contributed by atoms with Gasteiger partial charge in [-0.2, -0.15) is 0 Å². The monoisotopic (exact) mass is 218 g/mol. The average Bonchev–Trinajstić information content (AvgIpc) is 2.38. The molecule has 1 heteroatoms. The topological polar surface area (TPSA) is 9.23 Å². The smallest absolute Gasteiger partial charge is 0.0572 e. The highest BCUT2D eigenvalue weighted by Crippen LogP contribution is 2.24. The van der Waals surface area contributed by atoms with Crippen molar-refractivity contribution in [1.82, 2.24) is 0 Å². The molecule has 88 valence electrons. The molecule has 0 radical (unpaired) electrons. The lowest BCUT2D eigenvalue weighted by Gasteiger charge is -2.28. The molecule has 2 rings (SSSR count). The van der Waals surface area contributed by atoms with Crippen LogP contribution in [0.1, 0.15) is 38.2 Å². The average molecular weight is 218 g/mol. The van der Waals surface area contributed by atoms with Gasteiger partial charge in [0.15, 0.2) is 0 Å². The van der Waals surface area contributed by atoms with E-state index in [4.69, 9.17) is 4.74 Å². The highest BCUT2D eigenvalue weighted by Gasteiger charge is 2.19. The summed E-state index contributed by atoms with van der Waals surface area (Å²) in [6.07, 6.45) is 6.80. The van der Waals surface area contributed by atoms with Crippen molar-refractivity contribution < 1.29 is 4.74 Å². The summed E-state index contributed by atoms with van der Waals surface area (Å²) in [5.41, 5.74) is 1.46. The Bertz CT molecular complexity index is 286. The lowest BCUT2D eigenvalue weighted by molar-refractivity contribution is -0.0190. The second-order valence-electron chi connectivity index (χ2n) is 4.83. The molecule has 16 heavy (non-hydrogen) atoms. The Labute approximate surface area is 98.8 Å². The first-order chi connectivity index (χ1) is 7.88. The largest absolute Gasteiger partial charge is 0.378 e. The molecular formula is C15H22O. The van der Waals surface area contributed by atoms with Gasteiger partial charge in [-0.1, -0.05) is 37.3 Å². The van der Waals surface area contributed by atoms with E-state index >= 15 is 0 Å². The maximum absolute atomic E-state index is 5.83. The summed E-state index contributed by atoms with van der Waals surface area (Å²) < 4.78 is 5.83. The normalized spacial score (nSPS) is 25.6. The van der Waals surface area contributed by atoms with Crippen LogP contribution in [-0.2, 0) is 11.2 Å².